The van der Waals surface area contributed by atoms with E-state index in [1.165, 1.54) is 33.4 Å². The van der Waals surface area contributed by atoms with Crippen molar-refractivity contribution in [3.05, 3.63) is 0 Å². The molecule has 0 aromatic heterocycles. The maximum Gasteiger partial charge on any atom is 0.525 e. The zero-order valence-corrected chi connectivity index (χ0v) is 7.95. The van der Waals surface area contributed by atoms with Gasteiger partial charge < -0.3 is 9.51 Å². The first kappa shape index (κ1) is 9.46. The third-order valence-electron chi connectivity index (χ3n) is 2.51. The summed E-state index contributed by atoms with van der Waals surface area (Å²) >= 11 is 0. The molecule has 4 nitrogen and oxygen atoms in total. The van der Waals surface area contributed by atoms with Gasteiger partial charge in [-0.3, -0.25) is 0 Å². The van der Waals surface area contributed by atoms with Crippen LogP contribution >= 0.6 is 0 Å². The second-order valence-electron chi connectivity index (χ2n) is 3.58. The van der Waals surface area contributed by atoms with Crippen molar-refractivity contribution in [2.75, 3.05) is 26.2 Å². The molecule has 0 spiro atoms. The maximum atomic E-state index is 5.31. The Morgan fingerprint density at radius 1 is 0.692 bits per heavy atom. The van der Waals surface area contributed by atoms with Gasteiger partial charge in [0.15, 0.2) is 0 Å². The van der Waals surface area contributed by atoms with Gasteiger partial charge in [-0.25, -0.2) is 10.1 Å². The molecule has 0 amide bonds. The van der Waals surface area contributed by atoms with Gasteiger partial charge in [-0.1, -0.05) is 0 Å². The molecule has 1 radical (unpaired) electrons. The molecule has 2 aliphatic heterocycles. The van der Waals surface area contributed by atoms with E-state index in [2.05, 4.69) is 0 Å². The second kappa shape index (κ2) is 4.95. The fourth-order valence-corrected chi connectivity index (χ4v) is 1.73. The second-order valence-corrected chi connectivity index (χ2v) is 3.58. The minimum Gasteiger partial charge on any atom is -0.325 e. The van der Waals surface area contributed by atoms with Gasteiger partial charge in [-0.05, 0) is 25.7 Å². The third kappa shape index (κ3) is 2.95. The molecule has 0 saturated carbocycles. The molecule has 0 atom stereocenters. The van der Waals surface area contributed by atoms with Crippen molar-refractivity contribution < 1.29 is 9.51 Å². The Kier molecular flexibility index (Phi) is 3.60. The molecule has 0 bridgehead atoms. The van der Waals surface area contributed by atoms with E-state index in [0.29, 0.717) is 0 Å². The van der Waals surface area contributed by atoms with Crippen LogP contribution < -0.4 is 0 Å². The van der Waals surface area contributed by atoms with Crippen molar-refractivity contribution >= 4 is 7.69 Å². The first-order chi connectivity index (χ1) is 6.45. The molecule has 2 saturated heterocycles. The average molecular weight is 183 g/mol. The average Bonchev–Trinajstić information content (AvgIpc) is 2.75. The Morgan fingerprint density at radius 2 is 1.08 bits per heavy atom. The Hall–Kier alpha value is -0.0951. The van der Waals surface area contributed by atoms with Crippen molar-refractivity contribution in [3.63, 3.8) is 0 Å². The van der Waals surface area contributed by atoms with Crippen LogP contribution in [0.15, 0.2) is 0 Å². The quantitative estimate of drug-likeness (QED) is 0.595. The molecule has 5 heteroatoms. The molecule has 0 aromatic rings. The SMILES string of the molecule is [B](ON1CCCC1)ON1CCCC1. The lowest BCUT2D eigenvalue weighted by atomic mass is 10.4. The minimum atomic E-state index is 1.03. The summed E-state index contributed by atoms with van der Waals surface area (Å²) in [6.45, 7) is 4.11. The maximum absolute atomic E-state index is 5.31. The van der Waals surface area contributed by atoms with Gasteiger partial charge in [-0.15, -0.1) is 0 Å². The Bertz CT molecular complexity index is 131. The highest BCUT2D eigenvalue weighted by Crippen LogP contribution is 2.09. The zero-order valence-electron chi connectivity index (χ0n) is 7.95. The van der Waals surface area contributed by atoms with Crippen molar-refractivity contribution in [1.29, 1.82) is 0 Å². The summed E-state index contributed by atoms with van der Waals surface area (Å²) in [7, 11) is 1.46. The molecule has 0 aromatic carbocycles. The predicted octanol–water partition coefficient (Wildman–Crippen LogP) is 0.575. The smallest absolute Gasteiger partial charge is 0.325 e. The van der Waals surface area contributed by atoms with E-state index >= 15 is 0 Å². The van der Waals surface area contributed by atoms with E-state index in [-0.39, 0.29) is 0 Å². The standard InChI is InChI=1S/C8H16BN2O2/c1-2-6-10(5-1)12-9-13-11-7-3-4-8-11/h1-8H2. The van der Waals surface area contributed by atoms with Crippen LogP contribution in [0, 0.1) is 0 Å². The van der Waals surface area contributed by atoms with Crippen LogP contribution in [-0.2, 0) is 9.51 Å². The van der Waals surface area contributed by atoms with E-state index in [1.54, 1.807) is 0 Å². The van der Waals surface area contributed by atoms with Gasteiger partial charge in [-0.2, -0.15) is 0 Å². The topological polar surface area (TPSA) is 24.9 Å². The number of hydroxylamine groups is 4. The fraction of sp³-hybridized carbons (Fsp3) is 1.00. The van der Waals surface area contributed by atoms with Gasteiger partial charge in [0, 0.05) is 26.2 Å². The van der Waals surface area contributed by atoms with Crippen LogP contribution in [0.1, 0.15) is 25.7 Å². The van der Waals surface area contributed by atoms with Crippen LogP contribution in [0.3, 0.4) is 0 Å². The molecule has 0 unspecified atom stereocenters. The van der Waals surface area contributed by atoms with E-state index in [1.807, 2.05) is 10.1 Å². The van der Waals surface area contributed by atoms with Gasteiger partial charge in [0.25, 0.3) is 0 Å². The Labute approximate surface area is 80.0 Å². The van der Waals surface area contributed by atoms with E-state index in [4.69, 9.17) is 9.51 Å². The summed E-state index contributed by atoms with van der Waals surface area (Å²) in [5.41, 5.74) is 0. The summed E-state index contributed by atoms with van der Waals surface area (Å²) in [6.07, 6.45) is 4.93. The lowest BCUT2D eigenvalue weighted by Crippen LogP contribution is -2.29. The van der Waals surface area contributed by atoms with Crippen LogP contribution in [0.4, 0.5) is 0 Å². The minimum absolute atomic E-state index is 1.03. The highest BCUT2D eigenvalue weighted by Gasteiger charge is 2.16. The summed E-state index contributed by atoms with van der Waals surface area (Å²) < 4.78 is 10.6. The number of nitrogens with zero attached hydrogens (tertiary/aromatic N) is 2. The highest BCUT2D eigenvalue weighted by molar-refractivity contribution is 6.17. The normalized spacial score (nSPS) is 25.5. The highest BCUT2D eigenvalue weighted by atomic mass is 16.8. The molecule has 13 heavy (non-hydrogen) atoms. The Morgan fingerprint density at radius 3 is 1.46 bits per heavy atom. The van der Waals surface area contributed by atoms with Gasteiger partial charge in [0.05, 0.1) is 0 Å². The molecule has 2 fully saturated rings. The van der Waals surface area contributed by atoms with Gasteiger partial charge in [0.2, 0.25) is 0 Å². The van der Waals surface area contributed by atoms with Crippen LogP contribution in [-0.4, -0.2) is 44.0 Å². The summed E-state index contributed by atoms with van der Waals surface area (Å²) in [4.78, 5) is 0. The van der Waals surface area contributed by atoms with E-state index < -0.39 is 0 Å². The summed E-state index contributed by atoms with van der Waals surface area (Å²) in [6, 6.07) is 0. The zero-order chi connectivity index (χ0) is 8.93. The van der Waals surface area contributed by atoms with Gasteiger partial charge >= 0.3 is 7.69 Å². The largest absolute Gasteiger partial charge is 0.525 e. The number of hydrogen-bond donors (Lipinski definition) is 0. The van der Waals surface area contributed by atoms with Crippen molar-refractivity contribution in [2.24, 2.45) is 0 Å². The molecular weight excluding hydrogens is 167 g/mol. The van der Waals surface area contributed by atoms with Crippen molar-refractivity contribution in [2.45, 2.75) is 25.7 Å². The molecule has 2 heterocycles. The fourth-order valence-electron chi connectivity index (χ4n) is 1.73. The molecular formula is C8H16BN2O2. The predicted molar refractivity (Wildman–Crippen MR) is 49.5 cm³/mol. The molecule has 0 N–H and O–H groups in total. The third-order valence-corrected chi connectivity index (χ3v) is 2.51. The van der Waals surface area contributed by atoms with E-state index in [9.17, 15) is 0 Å². The van der Waals surface area contributed by atoms with Crippen molar-refractivity contribution in [1.82, 2.24) is 10.1 Å². The first-order valence-corrected chi connectivity index (χ1v) is 5.10. The number of rotatable bonds is 4. The lowest BCUT2D eigenvalue weighted by Gasteiger charge is -2.17. The molecule has 73 valence electrons. The monoisotopic (exact) mass is 183 g/mol. The molecule has 2 aliphatic rings. The van der Waals surface area contributed by atoms with Crippen molar-refractivity contribution in [3.8, 4) is 0 Å². The summed E-state index contributed by atoms with van der Waals surface area (Å²) in [5.74, 6) is 0. The molecule has 0 aliphatic carbocycles. The van der Waals surface area contributed by atoms with Crippen LogP contribution in [0.5, 0.6) is 0 Å². The van der Waals surface area contributed by atoms with E-state index in [0.717, 1.165) is 26.2 Å². The number of hydrogen-bond acceptors (Lipinski definition) is 4. The summed E-state index contributed by atoms with van der Waals surface area (Å²) in [5, 5.41) is 3.88. The van der Waals surface area contributed by atoms with Gasteiger partial charge in [0.1, 0.15) is 0 Å². The Balaban J connectivity index is 1.52. The van der Waals surface area contributed by atoms with Crippen LogP contribution in [0.2, 0.25) is 0 Å². The first-order valence-electron chi connectivity index (χ1n) is 5.10. The van der Waals surface area contributed by atoms with Crippen LogP contribution in [0.25, 0.3) is 0 Å². The molecule has 2 rings (SSSR count). The lowest BCUT2D eigenvalue weighted by molar-refractivity contribution is -0.107.